The minimum absolute atomic E-state index is 0.110. The van der Waals surface area contributed by atoms with E-state index >= 15 is 0 Å². The third kappa shape index (κ3) is 8.33. The Hall–Kier alpha value is -2.65. The highest BCUT2D eigenvalue weighted by molar-refractivity contribution is 7.86. The van der Waals surface area contributed by atoms with E-state index in [-0.39, 0.29) is 34.7 Å². The Morgan fingerprint density at radius 2 is 1.27 bits per heavy atom. The topological polar surface area (TPSA) is 173 Å². The van der Waals surface area contributed by atoms with Crippen LogP contribution < -0.4 is 0 Å². The van der Waals surface area contributed by atoms with Crippen LogP contribution in [0, 0.1) is 20.2 Å². The lowest BCUT2D eigenvalue weighted by atomic mass is 9.99. The van der Waals surface area contributed by atoms with E-state index in [1.807, 2.05) is 0 Å². The molecule has 2 aromatic carbocycles. The van der Waals surface area contributed by atoms with Crippen molar-refractivity contribution >= 4 is 43.2 Å². The fourth-order valence-electron chi connectivity index (χ4n) is 2.95. The lowest BCUT2D eigenvalue weighted by Crippen LogP contribution is -2.15. The van der Waals surface area contributed by atoms with E-state index in [1.54, 1.807) is 0 Å². The molecule has 0 aromatic heterocycles. The Morgan fingerprint density at radius 1 is 0.818 bits per heavy atom. The van der Waals surface area contributed by atoms with Gasteiger partial charge in [0.2, 0.25) is 0 Å². The van der Waals surface area contributed by atoms with E-state index in [4.69, 9.17) is 20.0 Å². The number of benzene rings is 2. The lowest BCUT2D eigenvalue weighted by Gasteiger charge is -2.21. The SMILES string of the molecule is CS(=O)(=O)O[C@@H](CC[C@H](OS(C)(=O)=O)c1ccc(Cl)c([N+](=O)[O-])c1)c1ccc([N+](=O)[O-])cc1. The van der Waals surface area contributed by atoms with Gasteiger partial charge in [0.1, 0.15) is 17.2 Å². The number of nitro benzene ring substituents is 2. The van der Waals surface area contributed by atoms with Crippen LogP contribution in [-0.4, -0.2) is 39.2 Å². The molecule has 0 radical (unpaired) electrons. The van der Waals surface area contributed by atoms with E-state index in [9.17, 15) is 37.1 Å². The first-order valence-corrected chi connectivity index (χ1v) is 13.1. The van der Waals surface area contributed by atoms with E-state index in [2.05, 4.69) is 0 Å². The fourth-order valence-corrected chi connectivity index (χ4v) is 4.39. The molecule has 0 fully saturated rings. The average Bonchev–Trinajstić information content (AvgIpc) is 2.68. The summed E-state index contributed by atoms with van der Waals surface area (Å²) in [5, 5.41) is 21.9. The fraction of sp³-hybridized carbons (Fsp3) is 0.333. The Bertz CT molecular complexity index is 1250. The number of hydrogen-bond acceptors (Lipinski definition) is 10. The summed E-state index contributed by atoms with van der Waals surface area (Å²) < 4.78 is 57.2. The molecule has 0 unspecified atom stereocenters. The number of non-ortho nitro benzene ring substituents is 1. The van der Waals surface area contributed by atoms with Crippen molar-refractivity contribution in [2.75, 3.05) is 12.5 Å². The molecule has 12 nitrogen and oxygen atoms in total. The first kappa shape index (κ1) is 26.6. The van der Waals surface area contributed by atoms with Crippen LogP contribution in [0.4, 0.5) is 11.4 Å². The van der Waals surface area contributed by atoms with Crippen LogP contribution in [0.5, 0.6) is 0 Å². The summed E-state index contributed by atoms with van der Waals surface area (Å²) >= 11 is 5.81. The molecule has 0 heterocycles. The lowest BCUT2D eigenvalue weighted by molar-refractivity contribution is -0.385. The molecule has 0 bridgehead atoms. The van der Waals surface area contributed by atoms with Gasteiger partial charge >= 0.3 is 0 Å². The molecule has 2 aromatic rings. The molecule has 15 heteroatoms. The maximum atomic E-state index is 11.8. The molecule has 0 spiro atoms. The predicted molar refractivity (Wildman–Crippen MR) is 118 cm³/mol. The van der Waals surface area contributed by atoms with Gasteiger partial charge in [0.05, 0.1) is 22.4 Å². The molecule has 0 aliphatic heterocycles. The molecule has 0 aliphatic rings. The Morgan fingerprint density at radius 3 is 1.70 bits per heavy atom. The highest BCUT2D eigenvalue weighted by Crippen LogP contribution is 2.35. The number of halogens is 1. The minimum atomic E-state index is -4.01. The number of rotatable bonds is 11. The summed E-state index contributed by atoms with van der Waals surface area (Å²) in [4.78, 5) is 20.7. The Balaban J connectivity index is 2.39. The van der Waals surface area contributed by atoms with E-state index in [0.29, 0.717) is 0 Å². The predicted octanol–water partition coefficient (Wildman–Crippen LogP) is 3.67. The molecule has 0 N–H and O–H groups in total. The number of hydrogen-bond donors (Lipinski definition) is 0. The third-order valence-electron chi connectivity index (χ3n) is 4.29. The van der Waals surface area contributed by atoms with Crippen molar-refractivity contribution < 1.29 is 35.0 Å². The standard InChI is InChI=1S/C18H19ClN2O10S2/c1-32(26,27)30-17(12-3-6-14(7-4-12)20(22)23)9-10-18(31-33(2,28)29)13-5-8-15(19)16(11-13)21(24)25/h3-8,11,17-18H,9-10H2,1-2H3/t17-,18-/m0/s1. The maximum Gasteiger partial charge on any atom is 0.288 e. The molecule has 2 rings (SSSR count). The number of nitro groups is 2. The highest BCUT2D eigenvalue weighted by atomic mass is 35.5. The van der Waals surface area contributed by atoms with Crippen molar-refractivity contribution in [2.45, 2.75) is 25.0 Å². The molecule has 0 amide bonds. The molecule has 33 heavy (non-hydrogen) atoms. The summed E-state index contributed by atoms with van der Waals surface area (Å²) in [6, 6.07) is 8.59. The number of nitrogens with zero attached hydrogens (tertiary/aromatic N) is 2. The summed E-state index contributed by atoms with van der Waals surface area (Å²) in [6.45, 7) is 0. The average molecular weight is 523 g/mol. The summed E-state index contributed by atoms with van der Waals surface area (Å²) in [7, 11) is -7.98. The van der Waals surface area contributed by atoms with E-state index < -0.39 is 48.0 Å². The van der Waals surface area contributed by atoms with Crippen LogP contribution in [0.2, 0.25) is 5.02 Å². The molecule has 0 aliphatic carbocycles. The van der Waals surface area contributed by atoms with Crippen molar-refractivity contribution in [2.24, 2.45) is 0 Å². The molecule has 0 saturated carbocycles. The second-order valence-corrected chi connectivity index (χ2v) is 10.6. The van der Waals surface area contributed by atoms with Crippen molar-refractivity contribution in [3.8, 4) is 0 Å². The summed E-state index contributed by atoms with van der Waals surface area (Å²) in [5.41, 5.74) is -0.274. The van der Waals surface area contributed by atoms with Crippen molar-refractivity contribution in [3.63, 3.8) is 0 Å². The molecule has 2 atom stereocenters. The monoisotopic (exact) mass is 522 g/mol. The highest BCUT2D eigenvalue weighted by Gasteiger charge is 2.26. The van der Waals surface area contributed by atoms with Gasteiger partial charge in [-0.05, 0) is 42.2 Å². The van der Waals surface area contributed by atoms with Crippen LogP contribution in [0.3, 0.4) is 0 Å². The quantitative estimate of drug-likeness (QED) is 0.240. The van der Waals surface area contributed by atoms with Gasteiger partial charge in [-0.3, -0.25) is 28.6 Å². The molecular formula is C18H19ClN2O10S2. The van der Waals surface area contributed by atoms with Gasteiger partial charge in [-0.1, -0.05) is 17.7 Å². The maximum absolute atomic E-state index is 11.8. The summed E-state index contributed by atoms with van der Waals surface area (Å²) in [5.74, 6) is 0. The zero-order chi connectivity index (χ0) is 25.0. The largest absolute Gasteiger partial charge is 0.288 e. The van der Waals surface area contributed by atoms with Crippen LogP contribution in [0.1, 0.15) is 36.2 Å². The Kier molecular flexibility index (Phi) is 8.48. The van der Waals surface area contributed by atoms with Gasteiger partial charge in [-0.15, -0.1) is 0 Å². The van der Waals surface area contributed by atoms with Gasteiger partial charge in [0, 0.05) is 18.2 Å². The van der Waals surface area contributed by atoms with Crippen molar-refractivity contribution in [1.82, 2.24) is 0 Å². The summed E-state index contributed by atoms with van der Waals surface area (Å²) in [6.07, 6.45) is -0.984. The van der Waals surface area contributed by atoms with Gasteiger partial charge in [-0.2, -0.15) is 16.8 Å². The van der Waals surface area contributed by atoms with Crippen molar-refractivity contribution in [1.29, 1.82) is 0 Å². The second-order valence-electron chi connectivity index (χ2n) is 6.97. The van der Waals surface area contributed by atoms with Gasteiger partial charge in [-0.25, -0.2) is 0 Å². The van der Waals surface area contributed by atoms with Crippen LogP contribution in [0.15, 0.2) is 42.5 Å². The molecule has 180 valence electrons. The second kappa shape index (κ2) is 10.5. The smallest absolute Gasteiger partial charge is 0.262 e. The van der Waals surface area contributed by atoms with Crippen LogP contribution in [0.25, 0.3) is 0 Å². The van der Waals surface area contributed by atoms with E-state index in [0.717, 1.165) is 18.6 Å². The molecular weight excluding hydrogens is 504 g/mol. The minimum Gasteiger partial charge on any atom is -0.262 e. The van der Waals surface area contributed by atoms with Crippen molar-refractivity contribution in [3.05, 3.63) is 78.8 Å². The molecule has 0 saturated heterocycles. The normalized spacial score (nSPS) is 13.9. The van der Waals surface area contributed by atoms with Crippen LogP contribution >= 0.6 is 11.6 Å². The zero-order valence-electron chi connectivity index (χ0n) is 17.3. The zero-order valence-corrected chi connectivity index (χ0v) is 19.7. The Labute approximate surface area is 194 Å². The van der Waals surface area contributed by atoms with E-state index in [1.165, 1.54) is 36.4 Å². The van der Waals surface area contributed by atoms with Gasteiger partial charge in [0.15, 0.2) is 0 Å². The third-order valence-corrected chi connectivity index (χ3v) is 5.77. The first-order valence-electron chi connectivity index (χ1n) is 9.11. The first-order chi connectivity index (χ1) is 15.2. The van der Waals surface area contributed by atoms with Crippen LogP contribution in [-0.2, 0) is 28.6 Å². The van der Waals surface area contributed by atoms with Gasteiger partial charge < -0.3 is 0 Å². The van der Waals surface area contributed by atoms with Gasteiger partial charge in [0.25, 0.3) is 31.6 Å².